The Bertz CT molecular complexity index is 555. The van der Waals surface area contributed by atoms with Gasteiger partial charge in [-0.1, -0.05) is 25.8 Å². The van der Waals surface area contributed by atoms with E-state index in [4.69, 9.17) is 5.14 Å². The maximum absolute atomic E-state index is 11.4. The maximum Gasteiger partial charge on any atom is 0.238 e. The molecule has 0 saturated heterocycles. The van der Waals surface area contributed by atoms with Crippen LogP contribution in [0.2, 0.25) is 0 Å². The highest BCUT2D eigenvalue weighted by Gasteiger charge is 2.22. The minimum atomic E-state index is -3.64. The van der Waals surface area contributed by atoms with Gasteiger partial charge < -0.3 is 5.32 Å². The molecule has 2 rings (SSSR count). The van der Waals surface area contributed by atoms with Gasteiger partial charge in [0, 0.05) is 11.7 Å². The Morgan fingerprint density at radius 1 is 1.26 bits per heavy atom. The van der Waals surface area contributed by atoms with E-state index in [1.54, 1.807) is 18.2 Å². The molecule has 5 heteroatoms. The average Bonchev–Trinajstić information content (AvgIpc) is 2.33. The number of hydrogen-bond acceptors (Lipinski definition) is 3. The average molecular weight is 282 g/mol. The van der Waals surface area contributed by atoms with Crippen LogP contribution in [0.4, 0.5) is 5.69 Å². The first-order chi connectivity index (χ1) is 8.88. The van der Waals surface area contributed by atoms with Crippen molar-refractivity contribution < 1.29 is 8.42 Å². The van der Waals surface area contributed by atoms with Gasteiger partial charge in [0.2, 0.25) is 10.0 Å². The number of sulfonamides is 1. The first-order valence-electron chi connectivity index (χ1n) is 6.78. The minimum Gasteiger partial charge on any atom is -0.382 e. The zero-order valence-corrected chi connectivity index (χ0v) is 12.3. The molecule has 1 aliphatic carbocycles. The van der Waals surface area contributed by atoms with Crippen molar-refractivity contribution >= 4 is 15.7 Å². The second-order valence-corrected chi connectivity index (χ2v) is 7.10. The summed E-state index contributed by atoms with van der Waals surface area (Å²) in [7, 11) is -3.64. The summed E-state index contributed by atoms with van der Waals surface area (Å²) >= 11 is 0. The van der Waals surface area contributed by atoms with Crippen molar-refractivity contribution in [2.45, 2.75) is 50.5 Å². The van der Waals surface area contributed by atoms with Crippen LogP contribution in [0.3, 0.4) is 0 Å². The fraction of sp³-hybridized carbons (Fsp3) is 0.571. The molecular weight excluding hydrogens is 260 g/mol. The van der Waals surface area contributed by atoms with E-state index in [2.05, 4.69) is 12.2 Å². The second kappa shape index (κ2) is 5.51. The number of nitrogens with two attached hydrogens (primary N) is 1. The van der Waals surface area contributed by atoms with Gasteiger partial charge >= 0.3 is 0 Å². The predicted molar refractivity (Wildman–Crippen MR) is 77.6 cm³/mol. The molecule has 1 aromatic carbocycles. The highest BCUT2D eigenvalue weighted by Crippen LogP contribution is 2.28. The van der Waals surface area contributed by atoms with Gasteiger partial charge in [0.25, 0.3) is 0 Å². The molecule has 1 saturated carbocycles. The zero-order valence-electron chi connectivity index (χ0n) is 11.5. The molecule has 0 bridgehead atoms. The lowest BCUT2D eigenvalue weighted by atomic mass is 9.85. The number of hydrogen-bond donors (Lipinski definition) is 2. The van der Waals surface area contributed by atoms with Gasteiger partial charge in [0.1, 0.15) is 0 Å². The highest BCUT2D eigenvalue weighted by molar-refractivity contribution is 7.89. The Balaban J connectivity index is 2.24. The molecule has 19 heavy (non-hydrogen) atoms. The molecule has 1 aliphatic rings. The molecule has 1 fully saturated rings. The van der Waals surface area contributed by atoms with Gasteiger partial charge in [-0.05, 0) is 43.4 Å². The van der Waals surface area contributed by atoms with Crippen LogP contribution in [-0.4, -0.2) is 14.5 Å². The molecular formula is C14H22N2O2S. The van der Waals surface area contributed by atoms with E-state index in [0.717, 1.165) is 17.7 Å². The van der Waals surface area contributed by atoms with Crippen LogP contribution in [0.15, 0.2) is 23.1 Å². The summed E-state index contributed by atoms with van der Waals surface area (Å²) in [5.41, 5.74) is 1.93. The Hall–Kier alpha value is -1.07. The van der Waals surface area contributed by atoms with Crippen LogP contribution in [0.25, 0.3) is 0 Å². The van der Waals surface area contributed by atoms with Crippen molar-refractivity contribution in [3.63, 3.8) is 0 Å². The third-order valence-electron chi connectivity index (χ3n) is 3.99. The largest absolute Gasteiger partial charge is 0.382 e. The number of anilines is 1. The normalized spacial score (nSPS) is 24.2. The van der Waals surface area contributed by atoms with Gasteiger partial charge in [-0.15, -0.1) is 0 Å². The molecule has 2 unspecified atom stereocenters. The van der Waals surface area contributed by atoms with Crippen LogP contribution in [0, 0.1) is 12.8 Å². The lowest BCUT2D eigenvalue weighted by molar-refractivity contribution is 0.349. The fourth-order valence-corrected chi connectivity index (χ4v) is 3.20. The summed E-state index contributed by atoms with van der Waals surface area (Å²) in [4.78, 5) is 0.170. The molecule has 0 aromatic heterocycles. The van der Waals surface area contributed by atoms with Gasteiger partial charge in [-0.2, -0.15) is 0 Å². The van der Waals surface area contributed by atoms with E-state index in [1.165, 1.54) is 19.3 Å². The highest BCUT2D eigenvalue weighted by atomic mass is 32.2. The van der Waals surface area contributed by atoms with Crippen LogP contribution >= 0.6 is 0 Å². The smallest absolute Gasteiger partial charge is 0.238 e. The summed E-state index contributed by atoms with van der Waals surface area (Å²) in [5, 5.41) is 8.67. The van der Waals surface area contributed by atoms with E-state index >= 15 is 0 Å². The first-order valence-corrected chi connectivity index (χ1v) is 8.32. The van der Waals surface area contributed by atoms with Crippen molar-refractivity contribution in [3.05, 3.63) is 23.8 Å². The Morgan fingerprint density at radius 2 is 1.95 bits per heavy atom. The van der Waals surface area contributed by atoms with Gasteiger partial charge in [-0.25, -0.2) is 13.6 Å². The summed E-state index contributed by atoms with van der Waals surface area (Å²) in [5.74, 6) is 0.617. The van der Waals surface area contributed by atoms with E-state index < -0.39 is 10.0 Å². The van der Waals surface area contributed by atoms with E-state index in [-0.39, 0.29) is 4.90 Å². The molecule has 3 N–H and O–H groups in total. The number of rotatable bonds is 3. The summed E-state index contributed by atoms with van der Waals surface area (Å²) in [6.45, 7) is 4.22. The monoisotopic (exact) mass is 282 g/mol. The molecule has 2 atom stereocenters. The quantitative estimate of drug-likeness (QED) is 0.895. The van der Waals surface area contributed by atoms with Crippen molar-refractivity contribution in [1.82, 2.24) is 0 Å². The van der Waals surface area contributed by atoms with Crippen LogP contribution in [0.1, 0.15) is 38.2 Å². The molecule has 4 nitrogen and oxygen atoms in total. The lowest BCUT2D eigenvalue weighted by Gasteiger charge is -2.31. The Morgan fingerprint density at radius 3 is 2.58 bits per heavy atom. The van der Waals surface area contributed by atoms with Gasteiger partial charge in [0.05, 0.1) is 4.90 Å². The summed E-state index contributed by atoms with van der Waals surface area (Å²) in [6, 6.07) is 5.42. The molecule has 0 aliphatic heterocycles. The van der Waals surface area contributed by atoms with Crippen LogP contribution in [-0.2, 0) is 10.0 Å². The molecule has 1 aromatic rings. The fourth-order valence-electron chi connectivity index (χ4n) is 2.66. The third-order valence-corrected chi connectivity index (χ3v) is 4.90. The molecule has 0 amide bonds. The number of primary sulfonamides is 1. The maximum atomic E-state index is 11.4. The number of nitrogens with one attached hydrogen (secondary N) is 1. The predicted octanol–water partition coefficient (Wildman–Crippen LogP) is 2.63. The lowest BCUT2D eigenvalue weighted by Crippen LogP contribution is -2.30. The van der Waals surface area contributed by atoms with Crippen molar-refractivity contribution in [2.75, 3.05) is 5.32 Å². The Kier molecular flexibility index (Phi) is 4.16. The van der Waals surface area contributed by atoms with E-state index in [1.807, 2.05) is 6.92 Å². The zero-order chi connectivity index (χ0) is 14.0. The Labute approximate surface area is 115 Å². The SMILES string of the molecule is Cc1ccc(S(N)(=O)=O)cc1NC1CCCCC1C. The molecule has 106 valence electrons. The van der Waals surface area contributed by atoms with Crippen molar-refractivity contribution in [2.24, 2.45) is 11.1 Å². The van der Waals surface area contributed by atoms with Crippen molar-refractivity contribution in [1.29, 1.82) is 0 Å². The first kappa shape index (κ1) is 14.3. The summed E-state index contributed by atoms with van der Waals surface area (Å²) in [6.07, 6.45) is 4.89. The topological polar surface area (TPSA) is 72.2 Å². The number of benzene rings is 1. The van der Waals surface area contributed by atoms with E-state index in [9.17, 15) is 8.42 Å². The molecule has 0 heterocycles. The number of aryl methyl sites for hydroxylation is 1. The van der Waals surface area contributed by atoms with Crippen LogP contribution in [0.5, 0.6) is 0 Å². The van der Waals surface area contributed by atoms with Gasteiger partial charge in [-0.3, -0.25) is 0 Å². The van der Waals surface area contributed by atoms with Crippen molar-refractivity contribution in [3.8, 4) is 0 Å². The molecule has 0 spiro atoms. The standard InChI is InChI=1S/C14H22N2O2S/c1-10-5-3-4-6-13(10)16-14-9-12(19(15,17)18)8-7-11(14)2/h7-10,13,16H,3-6H2,1-2H3,(H2,15,17,18). The summed E-state index contributed by atoms with van der Waals surface area (Å²) < 4.78 is 22.8. The molecule has 0 radical (unpaired) electrons. The second-order valence-electron chi connectivity index (χ2n) is 5.53. The van der Waals surface area contributed by atoms with Gasteiger partial charge in [0.15, 0.2) is 0 Å². The third kappa shape index (κ3) is 3.48. The minimum absolute atomic E-state index is 0.170. The van der Waals surface area contributed by atoms with E-state index in [0.29, 0.717) is 12.0 Å². The van der Waals surface area contributed by atoms with Crippen LogP contribution < -0.4 is 10.5 Å².